The van der Waals surface area contributed by atoms with Crippen molar-refractivity contribution in [1.29, 1.82) is 0 Å². The molecule has 246 valence electrons. The van der Waals surface area contributed by atoms with E-state index < -0.39 is 12.1 Å². The zero-order valence-electron chi connectivity index (χ0n) is 26.6. The molecule has 1 aliphatic carbocycles. The van der Waals surface area contributed by atoms with Gasteiger partial charge in [0, 0.05) is 12.2 Å². The SMILES string of the molecule is CCOC(=O)c1ccc(OCCCc2ccc(OCCCCOC3CCCCC3)cc2)c(CC(=O)N2CC(OC(=O)OC)C2)c1. The summed E-state index contributed by atoms with van der Waals surface area (Å²) in [5.41, 5.74) is 2.14. The van der Waals surface area contributed by atoms with E-state index in [9.17, 15) is 14.4 Å². The Balaban J connectivity index is 1.19. The van der Waals surface area contributed by atoms with Gasteiger partial charge in [0.2, 0.25) is 5.91 Å². The number of hydrogen-bond acceptors (Lipinski definition) is 9. The van der Waals surface area contributed by atoms with Crippen LogP contribution in [0.3, 0.4) is 0 Å². The van der Waals surface area contributed by atoms with Gasteiger partial charge in [-0.2, -0.15) is 0 Å². The quantitative estimate of drug-likeness (QED) is 0.156. The fourth-order valence-electron chi connectivity index (χ4n) is 5.46. The number of hydrogen-bond donors (Lipinski definition) is 0. The number of aryl methyl sites for hydroxylation is 1. The molecule has 0 aromatic heterocycles. The lowest BCUT2D eigenvalue weighted by Gasteiger charge is -2.38. The Labute approximate surface area is 266 Å². The van der Waals surface area contributed by atoms with Crippen LogP contribution in [0.25, 0.3) is 0 Å². The van der Waals surface area contributed by atoms with Crippen molar-refractivity contribution in [2.45, 2.75) is 83.3 Å². The fourth-order valence-corrected chi connectivity index (χ4v) is 5.46. The number of nitrogens with zero attached hydrogens (tertiary/aromatic N) is 1. The zero-order valence-corrected chi connectivity index (χ0v) is 26.6. The maximum Gasteiger partial charge on any atom is 0.508 e. The van der Waals surface area contributed by atoms with Crippen LogP contribution in [-0.4, -0.2) is 81.8 Å². The smallest absolute Gasteiger partial charge is 0.494 e. The molecular formula is C35H47NO9. The first kappa shape index (κ1) is 34.1. The van der Waals surface area contributed by atoms with Crippen LogP contribution in [-0.2, 0) is 36.6 Å². The molecule has 1 saturated carbocycles. The predicted molar refractivity (Wildman–Crippen MR) is 168 cm³/mol. The van der Waals surface area contributed by atoms with Crippen LogP contribution >= 0.6 is 0 Å². The standard InChI is InChI=1S/C35H47NO9/c1-3-41-34(38)27-15-18-32(28(22-27)23-33(37)36-24-31(25-36)45-35(39)40-2)44-21-9-10-26-13-16-30(17-14-26)43-20-8-7-19-42-29-11-5-4-6-12-29/h13-18,22,29,31H,3-12,19-21,23-25H2,1-2H3. The Morgan fingerprint density at radius 2 is 1.58 bits per heavy atom. The molecule has 0 N–H and O–H groups in total. The number of benzene rings is 2. The van der Waals surface area contributed by atoms with E-state index in [1.807, 2.05) is 12.1 Å². The first-order valence-corrected chi connectivity index (χ1v) is 16.2. The van der Waals surface area contributed by atoms with E-state index in [2.05, 4.69) is 16.9 Å². The molecule has 1 heterocycles. The lowest BCUT2D eigenvalue weighted by Crippen LogP contribution is -2.55. The second-order valence-corrected chi connectivity index (χ2v) is 11.5. The van der Waals surface area contributed by atoms with Gasteiger partial charge in [-0.05, 0) is 81.3 Å². The van der Waals surface area contributed by atoms with Crippen LogP contribution < -0.4 is 9.47 Å². The van der Waals surface area contributed by atoms with Crippen molar-refractivity contribution in [1.82, 2.24) is 4.90 Å². The summed E-state index contributed by atoms with van der Waals surface area (Å²) < 4.78 is 32.7. The first-order valence-electron chi connectivity index (χ1n) is 16.2. The van der Waals surface area contributed by atoms with Gasteiger partial charge in [0.1, 0.15) is 17.6 Å². The number of carbonyl (C=O) groups excluding carboxylic acids is 3. The molecule has 2 aromatic carbocycles. The minimum absolute atomic E-state index is 0.0442. The van der Waals surface area contributed by atoms with Gasteiger partial charge in [0.25, 0.3) is 0 Å². The Morgan fingerprint density at radius 1 is 0.844 bits per heavy atom. The van der Waals surface area contributed by atoms with Crippen molar-refractivity contribution in [3.05, 3.63) is 59.2 Å². The molecule has 0 unspecified atom stereocenters. The lowest BCUT2D eigenvalue weighted by atomic mass is 9.98. The molecule has 1 aliphatic heterocycles. The second-order valence-electron chi connectivity index (χ2n) is 11.5. The van der Waals surface area contributed by atoms with E-state index in [0.717, 1.165) is 38.0 Å². The zero-order chi connectivity index (χ0) is 31.9. The van der Waals surface area contributed by atoms with Gasteiger partial charge >= 0.3 is 12.1 Å². The number of likely N-dealkylation sites (tertiary alicyclic amines) is 1. The predicted octanol–water partition coefficient (Wildman–Crippen LogP) is 5.92. The highest BCUT2D eigenvalue weighted by atomic mass is 16.7. The lowest BCUT2D eigenvalue weighted by molar-refractivity contribution is -0.141. The van der Waals surface area contributed by atoms with Crippen LogP contribution in [0.15, 0.2) is 42.5 Å². The van der Waals surface area contributed by atoms with E-state index >= 15 is 0 Å². The van der Waals surface area contributed by atoms with E-state index in [1.165, 1.54) is 44.8 Å². The van der Waals surface area contributed by atoms with Crippen molar-refractivity contribution >= 4 is 18.0 Å². The summed E-state index contributed by atoms with van der Waals surface area (Å²) in [6.07, 6.45) is 9.28. The van der Waals surface area contributed by atoms with Gasteiger partial charge in [-0.1, -0.05) is 31.4 Å². The van der Waals surface area contributed by atoms with E-state index in [0.29, 0.717) is 49.3 Å². The van der Waals surface area contributed by atoms with Gasteiger partial charge in [0.15, 0.2) is 0 Å². The highest BCUT2D eigenvalue weighted by molar-refractivity contribution is 5.90. The van der Waals surface area contributed by atoms with Crippen molar-refractivity contribution < 1.29 is 42.8 Å². The third-order valence-electron chi connectivity index (χ3n) is 8.05. The topological polar surface area (TPSA) is 110 Å². The first-order chi connectivity index (χ1) is 21.9. The molecule has 10 nitrogen and oxygen atoms in total. The van der Waals surface area contributed by atoms with Crippen LogP contribution in [0.2, 0.25) is 0 Å². The molecule has 2 aromatic rings. The maximum absolute atomic E-state index is 12.9. The number of methoxy groups -OCH3 is 1. The Hall–Kier alpha value is -3.79. The average Bonchev–Trinajstić information content (AvgIpc) is 3.04. The van der Waals surface area contributed by atoms with Gasteiger partial charge in [-0.3, -0.25) is 4.79 Å². The summed E-state index contributed by atoms with van der Waals surface area (Å²) in [7, 11) is 1.24. The van der Waals surface area contributed by atoms with Crippen LogP contribution in [0.5, 0.6) is 11.5 Å². The molecule has 10 heteroatoms. The van der Waals surface area contributed by atoms with Crippen LogP contribution in [0, 0.1) is 0 Å². The molecule has 1 saturated heterocycles. The summed E-state index contributed by atoms with van der Waals surface area (Å²) in [6.45, 7) is 4.52. The summed E-state index contributed by atoms with van der Waals surface area (Å²) >= 11 is 0. The number of ether oxygens (including phenoxy) is 6. The van der Waals surface area contributed by atoms with Crippen LogP contribution in [0.1, 0.15) is 79.8 Å². The molecule has 4 rings (SSSR count). The molecule has 0 atom stereocenters. The largest absolute Gasteiger partial charge is 0.508 e. The molecule has 45 heavy (non-hydrogen) atoms. The van der Waals surface area contributed by atoms with E-state index in [1.54, 1.807) is 30.0 Å². The van der Waals surface area contributed by atoms with Crippen molar-refractivity contribution in [3.63, 3.8) is 0 Å². The van der Waals surface area contributed by atoms with E-state index in [4.69, 9.17) is 23.7 Å². The minimum Gasteiger partial charge on any atom is -0.494 e. The Morgan fingerprint density at radius 3 is 2.31 bits per heavy atom. The number of unbranched alkanes of at least 4 members (excludes halogenated alkanes) is 1. The average molecular weight is 626 g/mol. The van der Waals surface area contributed by atoms with Gasteiger partial charge in [-0.15, -0.1) is 0 Å². The van der Waals surface area contributed by atoms with Crippen molar-refractivity contribution in [2.75, 3.05) is 46.6 Å². The van der Waals surface area contributed by atoms with Crippen molar-refractivity contribution in [3.8, 4) is 11.5 Å². The minimum atomic E-state index is -0.768. The van der Waals surface area contributed by atoms with Crippen molar-refractivity contribution in [2.24, 2.45) is 0 Å². The molecule has 0 radical (unpaired) electrons. The van der Waals surface area contributed by atoms with Gasteiger partial charge in [-0.25, -0.2) is 9.59 Å². The Kier molecular flexibility index (Phi) is 13.8. The van der Waals surface area contributed by atoms with Gasteiger partial charge < -0.3 is 33.3 Å². The summed E-state index contributed by atoms with van der Waals surface area (Å²) in [5.74, 6) is 0.807. The number of amides is 1. The number of esters is 1. The highest BCUT2D eigenvalue weighted by Gasteiger charge is 2.34. The molecule has 2 aliphatic rings. The third kappa shape index (κ3) is 11.3. The molecular weight excluding hydrogens is 578 g/mol. The van der Waals surface area contributed by atoms with E-state index in [-0.39, 0.29) is 25.0 Å². The monoisotopic (exact) mass is 625 g/mol. The Bertz CT molecular complexity index is 1220. The second kappa shape index (κ2) is 18.2. The summed E-state index contributed by atoms with van der Waals surface area (Å²) in [4.78, 5) is 38.2. The summed E-state index contributed by atoms with van der Waals surface area (Å²) in [5, 5.41) is 0. The molecule has 1 amide bonds. The molecule has 2 fully saturated rings. The van der Waals surface area contributed by atoms with Crippen LogP contribution in [0.4, 0.5) is 4.79 Å². The third-order valence-corrected chi connectivity index (χ3v) is 8.05. The summed E-state index contributed by atoms with van der Waals surface area (Å²) in [6, 6.07) is 13.2. The normalized spacial score (nSPS) is 15.2. The molecule has 0 spiro atoms. The fraction of sp³-hybridized carbons (Fsp3) is 0.571. The van der Waals surface area contributed by atoms with Gasteiger partial charge in [0.05, 0.1) is 58.1 Å². The maximum atomic E-state index is 12.9. The highest BCUT2D eigenvalue weighted by Crippen LogP contribution is 2.25. The number of carbonyl (C=O) groups is 3. The molecule has 0 bridgehead atoms. The number of rotatable bonds is 17.